The lowest BCUT2D eigenvalue weighted by Crippen LogP contribution is -2.68. The molecular formula is C46H58N4O7Si. The van der Waals surface area contributed by atoms with Crippen molar-refractivity contribution in [2.45, 2.75) is 90.1 Å². The first-order valence-electron chi connectivity index (χ1n) is 20.3. The predicted molar refractivity (Wildman–Crippen MR) is 228 cm³/mol. The Kier molecular flexibility index (Phi) is 11.3. The summed E-state index contributed by atoms with van der Waals surface area (Å²) in [6.07, 6.45) is 0.823. The molecule has 3 aromatic carbocycles. The second kappa shape index (κ2) is 15.8. The topological polar surface area (TPSA) is 127 Å². The molecule has 0 bridgehead atoms. The average molecular weight is 807 g/mol. The van der Waals surface area contributed by atoms with Gasteiger partial charge in [-0.05, 0) is 91.0 Å². The van der Waals surface area contributed by atoms with Gasteiger partial charge in [0.25, 0.3) is 5.88 Å². The molecule has 0 saturated heterocycles. The number of carbonyl (C=O) groups is 2. The van der Waals surface area contributed by atoms with Crippen molar-refractivity contribution in [1.29, 1.82) is 0 Å². The van der Waals surface area contributed by atoms with Crippen LogP contribution < -0.4 is 19.7 Å². The van der Waals surface area contributed by atoms with E-state index in [-0.39, 0.29) is 41.0 Å². The van der Waals surface area contributed by atoms with Crippen LogP contribution in [0.2, 0.25) is 18.1 Å². The Morgan fingerprint density at radius 1 is 0.931 bits per heavy atom. The summed E-state index contributed by atoms with van der Waals surface area (Å²) in [5.74, 6) is -1.45. The van der Waals surface area contributed by atoms with Crippen molar-refractivity contribution < 1.29 is 33.1 Å². The number of ketones is 2. The van der Waals surface area contributed by atoms with Crippen molar-refractivity contribution in [3.8, 4) is 11.6 Å². The molecule has 308 valence electrons. The lowest BCUT2D eigenvalue weighted by atomic mass is 9.57. The van der Waals surface area contributed by atoms with Crippen LogP contribution in [-0.4, -0.2) is 75.4 Å². The van der Waals surface area contributed by atoms with E-state index in [0.29, 0.717) is 36.5 Å². The van der Waals surface area contributed by atoms with Crippen LogP contribution in [0.1, 0.15) is 84.1 Å². The van der Waals surface area contributed by atoms with E-state index in [0.717, 1.165) is 34.5 Å². The SMILES string of the molecule is CCNCc1cc(OCc2ccccc2)c2c(c1N(C)C)C[C@H]1C[C@H]3[C@H](N(C)C)c4onc(OCc5ccccc5)c4C(=O)C3(O[Si](C)(C)C(C)(C)C)C(=O)C1=C2O. The molecule has 1 fully saturated rings. The van der Waals surface area contributed by atoms with Gasteiger partial charge in [0, 0.05) is 37.8 Å². The van der Waals surface area contributed by atoms with E-state index >= 15 is 9.59 Å². The molecule has 3 aliphatic rings. The van der Waals surface area contributed by atoms with Gasteiger partial charge in [-0.3, -0.25) is 14.5 Å². The fourth-order valence-corrected chi connectivity index (χ4v) is 10.3. The van der Waals surface area contributed by atoms with E-state index < -0.39 is 43.4 Å². The van der Waals surface area contributed by atoms with Crippen molar-refractivity contribution in [3.05, 3.63) is 111 Å². The van der Waals surface area contributed by atoms with Gasteiger partial charge in [0.2, 0.25) is 11.6 Å². The number of aliphatic hydroxyl groups excluding tert-OH is 1. The fraction of sp³-hybridized carbons (Fsp3) is 0.457. The number of rotatable bonds is 13. The molecule has 1 unspecified atom stereocenters. The summed E-state index contributed by atoms with van der Waals surface area (Å²) in [7, 11) is 4.95. The summed E-state index contributed by atoms with van der Waals surface area (Å²) >= 11 is 0. The zero-order chi connectivity index (χ0) is 41.7. The van der Waals surface area contributed by atoms with Crippen LogP contribution in [0, 0.1) is 11.8 Å². The van der Waals surface area contributed by atoms with Gasteiger partial charge in [-0.2, -0.15) is 0 Å². The number of hydrogen-bond donors (Lipinski definition) is 2. The molecule has 2 N–H and O–H groups in total. The van der Waals surface area contributed by atoms with Gasteiger partial charge < -0.3 is 33.7 Å². The predicted octanol–water partition coefficient (Wildman–Crippen LogP) is 8.30. The number of Topliss-reactive ketones (excluding diaryl/α,β-unsaturated/α-hetero) is 2. The Balaban J connectivity index is 1.44. The minimum atomic E-state index is -2.90. The summed E-state index contributed by atoms with van der Waals surface area (Å²) in [6.45, 7) is 14.2. The zero-order valence-electron chi connectivity index (χ0n) is 35.6. The Labute approximate surface area is 343 Å². The molecule has 0 aliphatic heterocycles. The molecule has 1 aromatic heterocycles. The highest BCUT2D eigenvalue weighted by molar-refractivity contribution is 6.74. The van der Waals surface area contributed by atoms with Crippen molar-refractivity contribution in [2.75, 3.05) is 39.6 Å². The number of nitrogens with zero attached hydrogens (tertiary/aromatic N) is 3. The van der Waals surface area contributed by atoms with E-state index in [1.807, 2.05) is 99.8 Å². The van der Waals surface area contributed by atoms with Crippen LogP contribution in [0.3, 0.4) is 0 Å². The van der Waals surface area contributed by atoms with E-state index in [1.54, 1.807) is 0 Å². The molecule has 1 saturated carbocycles. The molecule has 4 atom stereocenters. The summed E-state index contributed by atoms with van der Waals surface area (Å²) < 4.78 is 26.2. The quantitative estimate of drug-likeness (QED) is 0.100. The van der Waals surface area contributed by atoms with Crippen LogP contribution >= 0.6 is 0 Å². The maximum Gasteiger partial charge on any atom is 0.265 e. The number of hydrogen-bond acceptors (Lipinski definition) is 11. The highest BCUT2D eigenvalue weighted by Gasteiger charge is 2.69. The highest BCUT2D eigenvalue weighted by atomic mass is 28.4. The van der Waals surface area contributed by atoms with E-state index in [9.17, 15) is 5.11 Å². The molecule has 11 nitrogen and oxygen atoms in total. The van der Waals surface area contributed by atoms with Gasteiger partial charge in [0.15, 0.2) is 19.7 Å². The van der Waals surface area contributed by atoms with Crippen LogP contribution in [0.4, 0.5) is 5.69 Å². The third-order valence-electron chi connectivity index (χ3n) is 12.6. The Bertz CT molecular complexity index is 2210. The number of fused-ring (bicyclic) bond motifs is 4. The van der Waals surface area contributed by atoms with Gasteiger partial charge in [0.05, 0.1) is 11.6 Å². The Morgan fingerprint density at radius 2 is 1.55 bits per heavy atom. The van der Waals surface area contributed by atoms with E-state index in [4.69, 9.17) is 18.4 Å². The van der Waals surface area contributed by atoms with Crippen LogP contribution in [-0.2, 0) is 35.4 Å². The first kappa shape index (κ1) is 41.4. The summed E-state index contributed by atoms with van der Waals surface area (Å²) in [4.78, 5) is 35.6. The number of carbonyl (C=O) groups excluding carboxylic acids is 2. The first-order chi connectivity index (χ1) is 27.5. The van der Waals surface area contributed by atoms with Crippen molar-refractivity contribution >= 4 is 31.3 Å². The minimum absolute atomic E-state index is 0.0231. The van der Waals surface area contributed by atoms with Crippen molar-refractivity contribution in [2.24, 2.45) is 11.8 Å². The van der Waals surface area contributed by atoms with Gasteiger partial charge >= 0.3 is 0 Å². The molecule has 4 aromatic rings. The molecule has 7 rings (SSSR count). The van der Waals surface area contributed by atoms with Crippen LogP contribution in [0.25, 0.3) is 5.76 Å². The normalized spacial score (nSPS) is 21.7. The molecule has 1 heterocycles. The average Bonchev–Trinajstić information content (AvgIpc) is 3.59. The molecule has 12 heteroatoms. The largest absolute Gasteiger partial charge is 0.507 e. The van der Waals surface area contributed by atoms with E-state index in [2.05, 4.69) is 56.2 Å². The van der Waals surface area contributed by atoms with Crippen molar-refractivity contribution in [3.63, 3.8) is 0 Å². The monoisotopic (exact) mass is 806 g/mol. The molecule has 3 aliphatic carbocycles. The summed E-state index contributed by atoms with van der Waals surface area (Å²) in [6, 6.07) is 20.9. The molecule has 58 heavy (non-hydrogen) atoms. The number of aromatic nitrogens is 1. The minimum Gasteiger partial charge on any atom is -0.507 e. The second-order valence-corrected chi connectivity index (χ2v) is 22.6. The van der Waals surface area contributed by atoms with Crippen LogP contribution in [0.15, 0.2) is 76.8 Å². The first-order valence-corrected chi connectivity index (χ1v) is 23.2. The maximum absolute atomic E-state index is 15.9. The second-order valence-electron chi connectivity index (χ2n) is 17.9. The van der Waals surface area contributed by atoms with E-state index in [1.165, 1.54) is 0 Å². The highest BCUT2D eigenvalue weighted by Crippen LogP contribution is 2.59. The number of benzene rings is 3. The smallest absolute Gasteiger partial charge is 0.265 e. The number of aliphatic hydroxyl groups is 1. The summed E-state index contributed by atoms with van der Waals surface area (Å²) in [5, 5.41) is 20.2. The zero-order valence-corrected chi connectivity index (χ0v) is 36.6. The van der Waals surface area contributed by atoms with Gasteiger partial charge in [-0.15, -0.1) is 0 Å². The summed E-state index contributed by atoms with van der Waals surface area (Å²) in [5.41, 5.74) is 3.56. The number of ether oxygens (including phenoxy) is 2. The Morgan fingerprint density at radius 3 is 2.12 bits per heavy atom. The van der Waals surface area contributed by atoms with Gasteiger partial charge in [-0.1, -0.05) is 88.4 Å². The molecule has 0 radical (unpaired) electrons. The molecular weight excluding hydrogens is 749 g/mol. The fourth-order valence-electron chi connectivity index (χ4n) is 8.86. The lowest BCUT2D eigenvalue weighted by Gasteiger charge is -2.55. The third-order valence-corrected chi connectivity index (χ3v) is 17.0. The standard InChI is InChI=1S/C46H58N4O7Si/c1-11-47-25-31-24-34(54-26-28-18-14-12-15-19-28)36-32(38(31)49(5)6)22-30-23-33-39(50(7)8)41-37(44(48-56-41)55-27-29-20-16-13-17-21-29)43(53)46(33,42(52)35(30)40(36)51)57-58(9,10)45(2,3)4/h12-21,24,30,33,39,47,51H,11,22-23,25-27H2,1-10H3/t30-,33-,39-,46?/m0/s1. The molecule has 0 amide bonds. The number of anilines is 1. The van der Waals surface area contributed by atoms with Crippen LogP contribution in [0.5, 0.6) is 11.6 Å². The lowest BCUT2D eigenvalue weighted by molar-refractivity contribution is -0.140. The Hall–Kier alpha value is -4.75. The maximum atomic E-state index is 15.9. The van der Waals surface area contributed by atoms with Gasteiger partial charge in [0.1, 0.15) is 30.3 Å². The third kappa shape index (κ3) is 7.07. The number of nitrogens with one attached hydrogen (secondary N) is 1. The van der Waals surface area contributed by atoms with Crippen molar-refractivity contribution in [1.82, 2.24) is 15.4 Å². The molecule has 0 spiro atoms. The van der Waals surface area contributed by atoms with Gasteiger partial charge in [-0.25, -0.2) is 0 Å².